The van der Waals surface area contributed by atoms with Crippen LogP contribution in [0.1, 0.15) is 52.9 Å². The lowest BCUT2D eigenvalue weighted by Gasteiger charge is -2.34. The molecule has 5 heteroatoms. The zero-order valence-electron chi connectivity index (χ0n) is 15.2. The van der Waals surface area contributed by atoms with E-state index < -0.39 is 6.29 Å². The highest BCUT2D eigenvalue weighted by molar-refractivity contribution is 5.90. The van der Waals surface area contributed by atoms with Crippen LogP contribution in [0.4, 0.5) is 0 Å². The molecule has 5 nitrogen and oxygen atoms in total. The summed E-state index contributed by atoms with van der Waals surface area (Å²) in [6.07, 6.45) is 7.51. The van der Waals surface area contributed by atoms with Gasteiger partial charge in [-0.3, -0.25) is 0 Å². The molecule has 2 heterocycles. The van der Waals surface area contributed by atoms with Gasteiger partial charge in [0.15, 0.2) is 0 Å². The monoisotopic (exact) mass is 346 g/mol. The second-order valence-corrected chi connectivity index (χ2v) is 7.11. The third-order valence-corrected chi connectivity index (χ3v) is 5.34. The Hall–Kier alpha value is -2.04. The highest BCUT2D eigenvalue weighted by Crippen LogP contribution is 2.40. The van der Waals surface area contributed by atoms with Gasteiger partial charge >= 0.3 is 11.9 Å². The fraction of sp³-hybridized carbons (Fsp3) is 0.600. The van der Waals surface area contributed by atoms with E-state index in [9.17, 15) is 9.59 Å². The smallest absolute Gasteiger partial charge is 0.337 e. The summed E-state index contributed by atoms with van der Waals surface area (Å²) in [5.74, 6) is 0.0277. The average Bonchev–Trinajstić information content (AvgIpc) is 2.92. The van der Waals surface area contributed by atoms with E-state index in [2.05, 4.69) is 13.8 Å². The van der Waals surface area contributed by atoms with Crippen LogP contribution in [-0.4, -0.2) is 24.8 Å². The molecule has 2 aliphatic heterocycles. The van der Waals surface area contributed by atoms with Crippen LogP contribution in [0.15, 0.2) is 34.6 Å². The molecule has 1 saturated heterocycles. The molecule has 3 unspecified atom stereocenters. The van der Waals surface area contributed by atoms with Crippen molar-refractivity contribution in [2.45, 2.75) is 59.2 Å². The highest BCUT2D eigenvalue weighted by Gasteiger charge is 2.33. The first kappa shape index (κ1) is 17.8. The SMILES string of the molecule is CCC1=C(C2COC(=O)/C(=C/OC3C=C(C)C(=O)O3)C2)C(C)CCC1. The summed E-state index contributed by atoms with van der Waals surface area (Å²) in [4.78, 5) is 23.5. The first-order valence-corrected chi connectivity index (χ1v) is 9.12. The van der Waals surface area contributed by atoms with E-state index in [1.54, 1.807) is 13.0 Å². The molecule has 0 amide bonds. The highest BCUT2D eigenvalue weighted by atomic mass is 16.7. The van der Waals surface area contributed by atoms with Crippen LogP contribution in [0, 0.1) is 11.8 Å². The van der Waals surface area contributed by atoms with Gasteiger partial charge in [0.2, 0.25) is 0 Å². The Kier molecular flexibility index (Phi) is 5.30. The molecule has 3 aliphatic rings. The van der Waals surface area contributed by atoms with E-state index in [0.29, 0.717) is 30.1 Å². The molecule has 0 aromatic heterocycles. The number of hydrogen-bond acceptors (Lipinski definition) is 5. The zero-order chi connectivity index (χ0) is 18.0. The van der Waals surface area contributed by atoms with Crippen molar-refractivity contribution >= 4 is 11.9 Å². The largest absolute Gasteiger partial charge is 0.462 e. The Morgan fingerprint density at radius 3 is 2.80 bits per heavy atom. The number of cyclic esters (lactones) is 2. The van der Waals surface area contributed by atoms with Crippen LogP contribution in [-0.2, 0) is 23.8 Å². The molecule has 0 saturated carbocycles. The number of carbonyl (C=O) groups is 2. The van der Waals surface area contributed by atoms with Gasteiger partial charge in [-0.25, -0.2) is 9.59 Å². The van der Waals surface area contributed by atoms with Gasteiger partial charge in [0, 0.05) is 17.6 Å². The lowest BCUT2D eigenvalue weighted by Crippen LogP contribution is -2.29. The van der Waals surface area contributed by atoms with Crippen molar-refractivity contribution in [1.29, 1.82) is 0 Å². The maximum atomic E-state index is 12.1. The minimum atomic E-state index is -0.757. The van der Waals surface area contributed by atoms with E-state index in [4.69, 9.17) is 14.2 Å². The maximum absolute atomic E-state index is 12.1. The molecule has 0 spiro atoms. The summed E-state index contributed by atoms with van der Waals surface area (Å²) >= 11 is 0. The minimum absolute atomic E-state index is 0.223. The lowest BCUT2D eigenvalue weighted by molar-refractivity contribution is -0.152. The first-order valence-electron chi connectivity index (χ1n) is 9.12. The summed E-state index contributed by atoms with van der Waals surface area (Å²) in [5, 5.41) is 0. The van der Waals surface area contributed by atoms with Crippen molar-refractivity contribution in [3.8, 4) is 0 Å². The van der Waals surface area contributed by atoms with E-state index in [1.165, 1.54) is 30.2 Å². The number of hydrogen-bond donors (Lipinski definition) is 0. The van der Waals surface area contributed by atoms with Crippen LogP contribution in [0.2, 0.25) is 0 Å². The quantitative estimate of drug-likeness (QED) is 0.335. The van der Waals surface area contributed by atoms with Gasteiger partial charge in [0.05, 0.1) is 18.4 Å². The van der Waals surface area contributed by atoms with Gasteiger partial charge in [0.25, 0.3) is 6.29 Å². The average molecular weight is 346 g/mol. The van der Waals surface area contributed by atoms with Gasteiger partial charge in [-0.2, -0.15) is 0 Å². The second kappa shape index (κ2) is 7.46. The van der Waals surface area contributed by atoms with Crippen molar-refractivity contribution in [3.05, 3.63) is 34.6 Å². The van der Waals surface area contributed by atoms with Crippen molar-refractivity contribution in [2.75, 3.05) is 6.61 Å². The van der Waals surface area contributed by atoms with E-state index in [1.807, 2.05) is 0 Å². The Morgan fingerprint density at radius 1 is 1.32 bits per heavy atom. The normalized spacial score (nSPS) is 31.7. The van der Waals surface area contributed by atoms with Gasteiger partial charge in [-0.15, -0.1) is 0 Å². The molecule has 1 fully saturated rings. The molecule has 1 aliphatic carbocycles. The third kappa shape index (κ3) is 3.80. The van der Waals surface area contributed by atoms with Gasteiger partial charge < -0.3 is 14.2 Å². The molecule has 0 aromatic carbocycles. The summed E-state index contributed by atoms with van der Waals surface area (Å²) in [5.41, 5.74) is 4.01. The van der Waals surface area contributed by atoms with Crippen molar-refractivity contribution in [2.24, 2.45) is 11.8 Å². The fourth-order valence-electron chi connectivity index (χ4n) is 4.04. The molecule has 0 bridgehead atoms. The first-order chi connectivity index (χ1) is 12.0. The van der Waals surface area contributed by atoms with Crippen molar-refractivity contribution in [3.63, 3.8) is 0 Å². The van der Waals surface area contributed by atoms with E-state index in [-0.39, 0.29) is 17.9 Å². The molecular formula is C20H26O5. The topological polar surface area (TPSA) is 61.8 Å². The summed E-state index contributed by atoms with van der Waals surface area (Å²) in [7, 11) is 0. The Balaban J connectivity index is 1.73. The minimum Gasteiger partial charge on any atom is -0.462 e. The second-order valence-electron chi connectivity index (χ2n) is 7.11. The molecular weight excluding hydrogens is 320 g/mol. The third-order valence-electron chi connectivity index (χ3n) is 5.34. The predicted molar refractivity (Wildman–Crippen MR) is 92.2 cm³/mol. The number of ether oxygens (including phenoxy) is 3. The standard InChI is InChI=1S/C20H26O5/c1-4-14-7-5-6-12(2)18(14)15-9-16(20(22)24-10-15)11-23-17-8-13(3)19(21)25-17/h8,11-12,15,17H,4-7,9-10H2,1-3H3/b16-11+. The summed E-state index contributed by atoms with van der Waals surface area (Å²) in [6.45, 7) is 6.58. The molecule has 3 rings (SSSR count). The molecule has 0 N–H and O–H groups in total. The predicted octanol–water partition coefficient (Wildman–Crippen LogP) is 3.81. The van der Waals surface area contributed by atoms with Gasteiger partial charge in [-0.1, -0.05) is 25.0 Å². The van der Waals surface area contributed by atoms with Crippen LogP contribution < -0.4 is 0 Å². The van der Waals surface area contributed by atoms with E-state index >= 15 is 0 Å². The van der Waals surface area contributed by atoms with Crippen molar-refractivity contribution in [1.82, 2.24) is 0 Å². The lowest BCUT2D eigenvalue weighted by atomic mass is 9.74. The summed E-state index contributed by atoms with van der Waals surface area (Å²) < 4.78 is 15.9. The zero-order valence-corrected chi connectivity index (χ0v) is 15.2. The number of esters is 2. The van der Waals surface area contributed by atoms with Crippen LogP contribution in [0.5, 0.6) is 0 Å². The molecule has 136 valence electrons. The molecule has 0 aromatic rings. The van der Waals surface area contributed by atoms with E-state index in [0.717, 1.165) is 12.8 Å². The number of rotatable bonds is 4. The van der Waals surface area contributed by atoms with Gasteiger partial charge in [0.1, 0.15) is 0 Å². The fourth-order valence-corrected chi connectivity index (χ4v) is 4.04. The number of carbonyl (C=O) groups excluding carboxylic acids is 2. The van der Waals surface area contributed by atoms with Crippen LogP contribution in [0.3, 0.4) is 0 Å². The Morgan fingerprint density at radius 2 is 2.12 bits per heavy atom. The Labute approximate surface area is 148 Å². The molecule has 3 atom stereocenters. The van der Waals surface area contributed by atoms with Gasteiger partial charge in [-0.05, 0) is 44.9 Å². The molecule has 0 radical (unpaired) electrons. The van der Waals surface area contributed by atoms with Crippen molar-refractivity contribution < 1.29 is 23.8 Å². The Bertz CT molecular complexity index is 655. The van der Waals surface area contributed by atoms with Crippen LogP contribution in [0.25, 0.3) is 0 Å². The number of allylic oxidation sites excluding steroid dienone is 1. The summed E-state index contributed by atoms with van der Waals surface area (Å²) in [6, 6.07) is 0. The molecule has 25 heavy (non-hydrogen) atoms. The van der Waals surface area contributed by atoms with Crippen LogP contribution >= 0.6 is 0 Å². The maximum Gasteiger partial charge on any atom is 0.337 e.